The topological polar surface area (TPSA) is 106 Å². The Balaban J connectivity index is 1.29. The first-order chi connectivity index (χ1) is 18.8. The first kappa shape index (κ1) is 28.3. The zero-order valence-electron chi connectivity index (χ0n) is 22.7. The summed E-state index contributed by atoms with van der Waals surface area (Å²) in [6.07, 6.45) is -5.12. The lowest BCUT2D eigenvalue weighted by Crippen LogP contribution is -2.59. The van der Waals surface area contributed by atoms with Gasteiger partial charge in [-0.15, -0.1) is 0 Å². The quantitative estimate of drug-likeness (QED) is 0.503. The third-order valence-corrected chi connectivity index (χ3v) is 8.48. The molecule has 4 heterocycles. The van der Waals surface area contributed by atoms with Crippen LogP contribution in [0, 0.1) is 23.2 Å². The second-order valence-corrected chi connectivity index (χ2v) is 11.3. The fourth-order valence-corrected chi connectivity index (χ4v) is 6.83. The number of alkyl halides is 3. The van der Waals surface area contributed by atoms with Crippen LogP contribution < -0.4 is 4.90 Å². The van der Waals surface area contributed by atoms with Crippen molar-refractivity contribution in [3.63, 3.8) is 0 Å². The van der Waals surface area contributed by atoms with Crippen LogP contribution in [0.25, 0.3) is 0 Å². The maximum Gasteiger partial charge on any atom is 0.417 e. The Labute approximate surface area is 230 Å². The van der Waals surface area contributed by atoms with Gasteiger partial charge in [0.2, 0.25) is 11.8 Å². The molecule has 0 radical (unpaired) electrons. The number of nitrogens with zero attached hydrogens (tertiary/aromatic N) is 5. The first-order valence-corrected chi connectivity index (χ1v) is 13.4. The van der Waals surface area contributed by atoms with Gasteiger partial charge < -0.3 is 14.4 Å². The van der Waals surface area contributed by atoms with Crippen LogP contribution in [0.1, 0.15) is 31.9 Å². The number of carbonyl (C=O) groups excluding carboxylic acids is 3. The van der Waals surface area contributed by atoms with Crippen LogP contribution in [0.2, 0.25) is 0 Å². The second-order valence-electron chi connectivity index (χ2n) is 11.3. The minimum atomic E-state index is -4.81. The lowest BCUT2D eigenvalue weighted by atomic mass is 9.79. The van der Waals surface area contributed by atoms with Gasteiger partial charge in [0.05, 0.1) is 52.5 Å². The molecule has 1 aromatic carbocycles. The molecule has 4 saturated heterocycles. The van der Waals surface area contributed by atoms with Crippen molar-refractivity contribution in [3.8, 4) is 6.07 Å². The van der Waals surface area contributed by atoms with E-state index in [-0.39, 0.29) is 11.8 Å². The molecule has 4 atom stereocenters. The summed E-state index contributed by atoms with van der Waals surface area (Å²) in [5, 5.41) is 9.11. The van der Waals surface area contributed by atoms with Crippen LogP contribution >= 0.6 is 0 Å². The highest BCUT2D eigenvalue weighted by Gasteiger charge is 2.71. The lowest BCUT2D eigenvalue weighted by Gasteiger charge is -2.45. The molecule has 4 aliphatic heterocycles. The van der Waals surface area contributed by atoms with Gasteiger partial charge >= 0.3 is 12.3 Å². The van der Waals surface area contributed by atoms with Crippen molar-refractivity contribution in [2.24, 2.45) is 11.8 Å². The Bertz CT molecular complexity index is 1220. The minimum absolute atomic E-state index is 0.195. The molecule has 40 heavy (non-hydrogen) atoms. The van der Waals surface area contributed by atoms with Crippen LogP contribution in [0.4, 0.5) is 23.7 Å². The Hall–Kier alpha value is -3.21. The highest BCUT2D eigenvalue weighted by atomic mass is 19.4. The van der Waals surface area contributed by atoms with E-state index in [0.717, 1.165) is 17.5 Å². The van der Waals surface area contributed by atoms with E-state index in [4.69, 9.17) is 14.7 Å². The highest BCUT2D eigenvalue weighted by molar-refractivity contribution is 6.23. The molecule has 216 valence electrons. The monoisotopic (exact) mass is 563 g/mol. The average Bonchev–Trinajstić information content (AvgIpc) is 3.27. The number of hydrogen-bond donors (Lipinski definition) is 0. The normalized spacial score (nSPS) is 30.9. The molecule has 4 aliphatic rings. The van der Waals surface area contributed by atoms with Crippen molar-refractivity contribution in [3.05, 3.63) is 29.3 Å². The molecule has 0 N–H and O–H groups in total. The van der Waals surface area contributed by atoms with Crippen LogP contribution in [-0.2, 0) is 25.2 Å². The summed E-state index contributed by atoms with van der Waals surface area (Å²) in [7, 11) is 0. The number of rotatable bonds is 5. The maximum atomic E-state index is 13.7. The van der Waals surface area contributed by atoms with E-state index in [1.54, 1.807) is 25.7 Å². The summed E-state index contributed by atoms with van der Waals surface area (Å²) >= 11 is 0. The number of carbonyl (C=O) groups is 3. The number of nitriles is 1. The maximum absolute atomic E-state index is 13.7. The van der Waals surface area contributed by atoms with Gasteiger partial charge in [-0.1, -0.05) is 0 Å². The van der Waals surface area contributed by atoms with Crippen molar-refractivity contribution in [1.29, 1.82) is 5.26 Å². The Kier molecular flexibility index (Phi) is 7.09. The molecular weight excluding hydrogens is 531 g/mol. The fourth-order valence-electron chi connectivity index (χ4n) is 6.83. The Morgan fingerprint density at radius 1 is 1.05 bits per heavy atom. The van der Waals surface area contributed by atoms with Gasteiger partial charge in [-0.2, -0.15) is 18.4 Å². The number of morpholine rings is 1. The van der Waals surface area contributed by atoms with Gasteiger partial charge in [0.25, 0.3) is 0 Å². The van der Waals surface area contributed by atoms with Gasteiger partial charge in [-0.25, -0.2) is 9.69 Å². The zero-order chi connectivity index (χ0) is 29.0. The molecule has 0 unspecified atom stereocenters. The first-order valence-electron chi connectivity index (χ1n) is 13.4. The van der Waals surface area contributed by atoms with Gasteiger partial charge in [-0.05, 0) is 39.0 Å². The minimum Gasteiger partial charge on any atom is -0.450 e. The second kappa shape index (κ2) is 10.0. The molecule has 0 spiro atoms. The predicted molar refractivity (Wildman–Crippen MR) is 135 cm³/mol. The van der Waals surface area contributed by atoms with Gasteiger partial charge in [0.1, 0.15) is 0 Å². The van der Waals surface area contributed by atoms with E-state index in [2.05, 4.69) is 9.80 Å². The van der Waals surface area contributed by atoms with Gasteiger partial charge in [0, 0.05) is 52.4 Å². The molecular formula is C27H32F3N5O5. The van der Waals surface area contributed by atoms with Crippen molar-refractivity contribution >= 4 is 23.6 Å². The summed E-state index contributed by atoms with van der Waals surface area (Å²) in [5.74, 6) is -2.85. The number of halogens is 3. The molecule has 2 bridgehead atoms. The van der Waals surface area contributed by atoms with Crippen molar-refractivity contribution in [1.82, 2.24) is 14.7 Å². The molecule has 1 aromatic rings. The van der Waals surface area contributed by atoms with E-state index in [0.29, 0.717) is 58.5 Å². The van der Waals surface area contributed by atoms with E-state index < -0.39 is 52.2 Å². The zero-order valence-corrected chi connectivity index (χ0v) is 22.7. The third-order valence-electron chi connectivity index (χ3n) is 8.48. The number of amides is 3. The summed E-state index contributed by atoms with van der Waals surface area (Å²) < 4.78 is 52.2. The van der Waals surface area contributed by atoms with Crippen LogP contribution in [-0.4, -0.2) is 103 Å². The molecule has 5 rings (SSSR count). The van der Waals surface area contributed by atoms with Crippen LogP contribution in [0.5, 0.6) is 0 Å². The van der Waals surface area contributed by atoms with Crippen molar-refractivity contribution in [2.75, 3.05) is 63.9 Å². The van der Waals surface area contributed by atoms with Crippen LogP contribution in [0.15, 0.2) is 18.2 Å². The van der Waals surface area contributed by atoms with Gasteiger partial charge in [-0.3, -0.25) is 19.4 Å². The smallest absolute Gasteiger partial charge is 0.417 e. The third kappa shape index (κ3) is 4.71. The summed E-state index contributed by atoms with van der Waals surface area (Å²) in [5.41, 5.74) is -3.96. The molecule has 10 nitrogen and oxygen atoms in total. The molecule has 4 fully saturated rings. The Morgan fingerprint density at radius 3 is 2.15 bits per heavy atom. The molecule has 0 saturated carbocycles. The number of anilines is 1. The Morgan fingerprint density at radius 2 is 1.62 bits per heavy atom. The van der Waals surface area contributed by atoms with E-state index in [1.807, 2.05) is 0 Å². The summed E-state index contributed by atoms with van der Waals surface area (Å²) in [4.78, 5) is 46.2. The molecule has 3 amide bonds. The number of imide groups is 1. The standard InChI is InChI=1S/C27H32F3N5O5/c1-4-39-24(38)34-11-9-32(10-12-34)7-8-33-15-25(2)20-21(26(3,16-33)40-25)23(37)35(22(20)36)18-6-5-17(14-31)19(13-18)27(28,29)30/h5-6,13,20-21H,4,7-12,15-16H2,1-3H3/t20-,21+,25-,26+. The van der Waals surface area contributed by atoms with Crippen LogP contribution in [0.3, 0.4) is 0 Å². The van der Waals surface area contributed by atoms with Gasteiger partial charge in [0.15, 0.2) is 0 Å². The number of piperazine rings is 1. The number of fused-ring (bicyclic) bond motifs is 5. The fraction of sp³-hybridized carbons (Fsp3) is 0.630. The number of benzene rings is 1. The molecule has 0 aromatic heterocycles. The summed E-state index contributed by atoms with van der Waals surface area (Å²) in [6, 6.07) is 4.41. The predicted octanol–water partition coefficient (Wildman–Crippen LogP) is 2.32. The molecule has 0 aliphatic carbocycles. The van der Waals surface area contributed by atoms with Crippen molar-refractivity contribution in [2.45, 2.75) is 38.1 Å². The average molecular weight is 564 g/mol. The van der Waals surface area contributed by atoms with E-state index >= 15 is 0 Å². The van der Waals surface area contributed by atoms with Crippen molar-refractivity contribution < 1.29 is 37.0 Å². The molecule has 13 heteroatoms. The highest BCUT2D eigenvalue weighted by Crippen LogP contribution is 2.55. The number of likely N-dealkylation sites (tertiary alicyclic amines) is 1. The number of ether oxygens (including phenoxy) is 2. The summed E-state index contributed by atoms with van der Waals surface area (Å²) in [6.45, 7) is 10.4. The number of hydrogen-bond acceptors (Lipinski definition) is 8. The largest absolute Gasteiger partial charge is 0.450 e. The lowest BCUT2D eigenvalue weighted by molar-refractivity contribution is -0.169. The van der Waals surface area contributed by atoms with E-state index in [1.165, 1.54) is 12.1 Å². The van der Waals surface area contributed by atoms with E-state index in [9.17, 15) is 27.6 Å². The SMILES string of the molecule is CCOC(=O)N1CCN(CCN2C[C@@]3(C)O[C@@](C)(C2)[C@@H]2C(=O)N(c4ccc(C#N)c(C(F)(F)F)c4)C(=O)[C@@H]23)CC1.